The zero-order valence-corrected chi connectivity index (χ0v) is 9.46. The monoisotopic (exact) mass is 270 g/mol. The van der Waals surface area contributed by atoms with E-state index in [-0.39, 0.29) is 24.5 Å². The Morgan fingerprint density at radius 2 is 1.94 bits per heavy atom. The smallest absolute Gasteiger partial charge is 0.271 e. The van der Waals surface area contributed by atoms with E-state index in [0.29, 0.717) is 5.57 Å². The molecule has 7 heteroatoms. The standard InChI is InChI=1S/C10H10F4N2.ClH/c1-6(5-16-15)7-2-3-9(11)8(4-7)10(12,13)14;/h2-4,16H,1,5,15H2;1H. The maximum Gasteiger partial charge on any atom is 0.419 e. The summed E-state index contributed by atoms with van der Waals surface area (Å²) in [6, 6.07) is 2.71. The van der Waals surface area contributed by atoms with Crippen molar-refractivity contribution in [3.05, 3.63) is 41.7 Å². The van der Waals surface area contributed by atoms with Gasteiger partial charge in [0.15, 0.2) is 0 Å². The van der Waals surface area contributed by atoms with Crippen molar-refractivity contribution in [3.8, 4) is 0 Å². The average Bonchev–Trinajstić information content (AvgIpc) is 2.16. The van der Waals surface area contributed by atoms with Crippen molar-refractivity contribution in [1.82, 2.24) is 5.43 Å². The van der Waals surface area contributed by atoms with Crippen LogP contribution in [0.15, 0.2) is 24.8 Å². The molecule has 0 unspecified atom stereocenters. The molecule has 0 spiro atoms. The molecule has 1 aromatic rings. The van der Waals surface area contributed by atoms with Crippen LogP contribution in [0.5, 0.6) is 0 Å². The Balaban J connectivity index is 0.00000256. The molecule has 0 aliphatic rings. The van der Waals surface area contributed by atoms with E-state index in [0.717, 1.165) is 12.1 Å². The predicted octanol–water partition coefficient (Wildman–Crippen LogP) is 2.74. The lowest BCUT2D eigenvalue weighted by atomic mass is 10.0. The van der Waals surface area contributed by atoms with Gasteiger partial charge in [-0.2, -0.15) is 13.2 Å². The van der Waals surface area contributed by atoms with E-state index in [1.807, 2.05) is 0 Å². The van der Waals surface area contributed by atoms with E-state index in [2.05, 4.69) is 12.0 Å². The molecule has 3 N–H and O–H groups in total. The van der Waals surface area contributed by atoms with Gasteiger partial charge in [-0.05, 0) is 23.3 Å². The van der Waals surface area contributed by atoms with Gasteiger partial charge in [0.2, 0.25) is 0 Å². The minimum atomic E-state index is -4.71. The fourth-order valence-electron chi connectivity index (χ4n) is 1.19. The molecule has 0 aromatic heterocycles. The average molecular weight is 271 g/mol. The summed E-state index contributed by atoms with van der Waals surface area (Å²) in [6.45, 7) is 3.66. The van der Waals surface area contributed by atoms with E-state index in [1.165, 1.54) is 6.07 Å². The third-order valence-corrected chi connectivity index (χ3v) is 2.00. The molecule has 96 valence electrons. The molecule has 0 radical (unpaired) electrons. The Bertz CT molecular complexity index is 404. The molecule has 0 bridgehead atoms. The van der Waals surface area contributed by atoms with Crippen molar-refractivity contribution >= 4 is 18.0 Å². The second-order valence-electron chi connectivity index (χ2n) is 3.18. The Labute approximate surface area is 102 Å². The van der Waals surface area contributed by atoms with Gasteiger partial charge < -0.3 is 0 Å². The molecule has 1 rings (SSSR count). The van der Waals surface area contributed by atoms with Gasteiger partial charge in [-0.3, -0.25) is 11.3 Å². The van der Waals surface area contributed by atoms with E-state index >= 15 is 0 Å². The van der Waals surface area contributed by atoms with Crippen LogP contribution in [-0.4, -0.2) is 6.54 Å². The number of benzene rings is 1. The first-order valence-electron chi connectivity index (χ1n) is 4.34. The lowest BCUT2D eigenvalue weighted by Gasteiger charge is -2.11. The van der Waals surface area contributed by atoms with Crippen LogP contribution < -0.4 is 11.3 Å². The zero-order valence-electron chi connectivity index (χ0n) is 8.64. The largest absolute Gasteiger partial charge is 0.419 e. The minimum Gasteiger partial charge on any atom is -0.271 e. The number of hydrogen-bond acceptors (Lipinski definition) is 2. The number of nitrogens with two attached hydrogens (primary N) is 1. The second kappa shape index (κ2) is 6.00. The van der Waals surface area contributed by atoms with Crippen LogP contribution in [-0.2, 0) is 6.18 Å². The molecule has 1 aromatic carbocycles. The number of hydrogen-bond donors (Lipinski definition) is 2. The number of alkyl halides is 3. The summed E-state index contributed by atoms with van der Waals surface area (Å²) in [5.74, 6) is 3.71. The SMILES string of the molecule is C=C(CNN)c1ccc(F)c(C(F)(F)F)c1.Cl. The molecule has 2 nitrogen and oxygen atoms in total. The normalized spacial score (nSPS) is 10.9. The second-order valence-corrected chi connectivity index (χ2v) is 3.18. The first-order valence-corrected chi connectivity index (χ1v) is 4.34. The van der Waals surface area contributed by atoms with Crippen molar-refractivity contribution in [2.24, 2.45) is 5.84 Å². The van der Waals surface area contributed by atoms with Crippen molar-refractivity contribution < 1.29 is 17.6 Å². The van der Waals surface area contributed by atoms with Gasteiger partial charge in [0.05, 0.1) is 5.56 Å². The Hall–Kier alpha value is -1.11. The van der Waals surface area contributed by atoms with E-state index < -0.39 is 17.6 Å². The molecule has 0 aliphatic heterocycles. The van der Waals surface area contributed by atoms with Crippen LogP contribution in [0.3, 0.4) is 0 Å². The molecule has 0 amide bonds. The summed E-state index contributed by atoms with van der Waals surface area (Å²) in [6.07, 6.45) is -4.71. The number of hydrazine groups is 1. The third-order valence-electron chi connectivity index (χ3n) is 2.00. The number of rotatable bonds is 3. The quantitative estimate of drug-likeness (QED) is 0.503. The van der Waals surface area contributed by atoms with Gasteiger partial charge in [-0.25, -0.2) is 4.39 Å². The van der Waals surface area contributed by atoms with Gasteiger partial charge in [0.25, 0.3) is 0 Å². The number of halogens is 5. The summed E-state index contributed by atoms with van der Waals surface area (Å²) < 4.78 is 50.0. The number of nitrogens with one attached hydrogen (secondary N) is 1. The maximum absolute atomic E-state index is 12.9. The molecular weight excluding hydrogens is 260 g/mol. The van der Waals surface area contributed by atoms with Gasteiger partial charge in [0, 0.05) is 6.54 Å². The van der Waals surface area contributed by atoms with Crippen LogP contribution in [0.25, 0.3) is 5.57 Å². The van der Waals surface area contributed by atoms with Crippen LogP contribution in [0.4, 0.5) is 17.6 Å². The molecule has 0 saturated heterocycles. The summed E-state index contributed by atoms with van der Waals surface area (Å²) in [5, 5.41) is 0. The molecule has 17 heavy (non-hydrogen) atoms. The Morgan fingerprint density at radius 1 is 1.35 bits per heavy atom. The molecular formula is C10H11ClF4N2. The highest BCUT2D eigenvalue weighted by atomic mass is 35.5. The van der Waals surface area contributed by atoms with E-state index in [1.54, 1.807) is 0 Å². The van der Waals surface area contributed by atoms with Gasteiger partial charge in [0.1, 0.15) is 5.82 Å². The summed E-state index contributed by atoms with van der Waals surface area (Å²) in [5.41, 5.74) is 1.52. The first-order chi connectivity index (χ1) is 7.36. The summed E-state index contributed by atoms with van der Waals surface area (Å²) in [7, 11) is 0. The zero-order chi connectivity index (χ0) is 12.3. The van der Waals surface area contributed by atoms with E-state index in [9.17, 15) is 17.6 Å². The van der Waals surface area contributed by atoms with Crippen molar-refractivity contribution in [2.75, 3.05) is 6.54 Å². The minimum absolute atomic E-state index is 0. The Morgan fingerprint density at radius 3 is 2.41 bits per heavy atom. The van der Waals surface area contributed by atoms with Crippen molar-refractivity contribution in [2.45, 2.75) is 6.18 Å². The lowest BCUT2D eigenvalue weighted by Crippen LogP contribution is -2.23. The van der Waals surface area contributed by atoms with Crippen LogP contribution in [0, 0.1) is 5.82 Å². The third kappa shape index (κ3) is 3.99. The highest BCUT2D eigenvalue weighted by Crippen LogP contribution is 2.32. The lowest BCUT2D eigenvalue weighted by molar-refractivity contribution is -0.140. The molecule has 0 fully saturated rings. The topological polar surface area (TPSA) is 38.0 Å². The van der Waals surface area contributed by atoms with Crippen LogP contribution in [0.2, 0.25) is 0 Å². The maximum atomic E-state index is 12.9. The molecule has 0 heterocycles. The van der Waals surface area contributed by atoms with Gasteiger partial charge >= 0.3 is 6.18 Å². The predicted molar refractivity (Wildman–Crippen MR) is 59.9 cm³/mol. The van der Waals surface area contributed by atoms with Gasteiger partial charge in [-0.1, -0.05) is 12.6 Å². The van der Waals surface area contributed by atoms with Crippen LogP contribution in [0.1, 0.15) is 11.1 Å². The van der Waals surface area contributed by atoms with Crippen LogP contribution >= 0.6 is 12.4 Å². The molecule has 0 atom stereocenters. The van der Waals surface area contributed by atoms with E-state index in [4.69, 9.17) is 5.84 Å². The van der Waals surface area contributed by atoms with Crippen molar-refractivity contribution in [1.29, 1.82) is 0 Å². The summed E-state index contributed by atoms with van der Waals surface area (Å²) in [4.78, 5) is 0. The highest BCUT2D eigenvalue weighted by Gasteiger charge is 2.34. The molecule has 0 aliphatic carbocycles. The first kappa shape index (κ1) is 15.9. The summed E-state index contributed by atoms with van der Waals surface area (Å²) >= 11 is 0. The Kier molecular flexibility index (Phi) is 5.60. The highest BCUT2D eigenvalue weighted by molar-refractivity contribution is 5.85. The fraction of sp³-hybridized carbons (Fsp3) is 0.200. The fourth-order valence-corrected chi connectivity index (χ4v) is 1.19. The molecule has 0 saturated carbocycles. The van der Waals surface area contributed by atoms with Crippen molar-refractivity contribution in [3.63, 3.8) is 0 Å². The van der Waals surface area contributed by atoms with Gasteiger partial charge in [-0.15, -0.1) is 12.4 Å².